The van der Waals surface area contributed by atoms with Crippen molar-refractivity contribution in [3.8, 4) is 0 Å². The summed E-state index contributed by atoms with van der Waals surface area (Å²) in [6.07, 6.45) is 2.14. The number of nitrogens with zero attached hydrogens (tertiary/aromatic N) is 2. The molecular formula is C11H15ClN2S. The molecule has 0 radical (unpaired) electrons. The fourth-order valence-corrected chi connectivity index (χ4v) is 2.44. The normalized spacial score (nSPS) is 18.1. The van der Waals surface area contributed by atoms with Crippen molar-refractivity contribution in [1.29, 1.82) is 0 Å². The van der Waals surface area contributed by atoms with Crippen molar-refractivity contribution >= 4 is 29.2 Å². The Morgan fingerprint density at radius 3 is 2.20 bits per heavy atom. The van der Waals surface area contributed by atoms with Gasteiger partial charge in [-0.3, -0.25) is 0 Å². The average Bonchev–Trinajstić information content (AvgIpc) is 2.30. The lowest BCUT2D eigenvalue weighted by Gasteiger charge is -2.34. The smallest absolute Gasteiger partial charge is 0.0407 e. The summed E-state index contributed by atoms with van der Waals surface area (Å²) in [5, 5.41) is 0.807. The van der Waals surface area contributed by atoms with Gasteiger partial charge in [0.1, 0.15) is 0 Å². The van der Waals surface area contributed by atoms with Crippen LogP contribution in [-0.2, 0) is 0 Å². The minimum absolute atomic E-state index is 0.807. The zero-order chi connectivity index (χ0) is 10.7. The standard InChI is InChI=1S/C11H15ClN2S/c1-15-14-8-6-13(7-9-14)11-4-2-10(12)3-5-11/h2-5H,6-9H2,1H3. The number of halogens is 1. The highest BCUT2D eigenvalue weighted by Crippen LogP contribution is 2.20. The van der Waals surface area contributed by atoms with Crippen molar-refractivity contribution in [2.45, 2.75) is 0 Å². The zero-order valence-electron chi connectivity index (χ0n) is 8.82. The molecule has 1 fully saturated rings. The van der Waals surface area contributed by atoms with Crippen molar-refractivity contribution in [1.82, 2.24) is 4.31 Å². The molecule has 1 aliphatic heterocycles. The molecule has 0 aromatic heterocycles. The zero-order valence-corrected chi connectivity index (χ0v) is 10.4. The van der Waals surface area contributed by atoms with Gasteiger partial charge in [-0.15, -0.1) is 0 Å². The van der Waals surface area contributed by atoms with Crippen molar-refractivity contribution in [2.24, 2.45) is 0 Å². The van der Waals surface area contributed by atoms with Crippen LogP contribution in [0.3, 0.4) is 0 Å². The van der Waals surface area contributed by atoms with Crippen LogP contribution in [0.15, 0.2) is 24.3 Å². The summed E-state index contributed by atoms with van der Waals surface area (Å²) < 4.78 is 2.40. The summed E-state index contributed by atoms with van der Waals surface area (Å²) in [6.45, 7) is 4.46. The van der Waals surface area contributed by atoms with E-state index in [9.17, 15) is 0 Å². The minimum Gasteiger partial charge on any atom is -0.369 e. The Balaban J connectivity index is 1.98. The van der Waals surface area contributed by atoms with Crippen molar-refractivity contribution in [2.75, 3.05) is 37.3 Å². The first-order valence-electron chi connectivity index (χ1n) is 5.09. The maximum Gasteiger partial charge on any atom is 0.0407 e. The molecule has 0 spiro atoms. The van der Waals surface area contributed by atoms with Crippen LogP contribution in [0.5, 0.6) is 0 Å². The molecule has 15 heavy (non-hydrogen) atoms. The van der Waals surface area contributed by atoms with Crippen LogP contribution in [0.25, 0.3) is 0 Å². The third kappa shape index (κ3) is 2.80. The molecule has 0 atom stereocenters. The van der Waals surface area contributed by atoms with Crippen molar-refractivity contribution in [3.63, 3.8) is 0 Å². The molecular weight excluding hydrogens is 228 g/mol. The van der Waals surface area contributed by atoms with E-state index >= 15 is 0 Å². The largest absolute Gasteiger partial charge is 0.369 e. The Morgan fingerprint density at radius 1 is 1.07 bits per heavy atom. The molecule has 4 heteroatoms. The quantitative estimate of drug-likeness (QED) is 0.737. The Morgan fingerprint density at radius 2 is 1.67 bits per heavy atom. The van der Waals surface area contributed by atoms with Gasteiger partial charge in [-0.05, 0) is 30.5 Å². The summed E-state index contributed by atoms with van der Waals surface area (Å²) in [4.78, 5) is 2.41. The second kappa shape index (κ2) is 5.10. The first-order chi connectivity index (χ1) is 7.29. The number of hydrogen-bond donors (Lipinski definition) is 0. The lowest BCUT2D eigenvalue weighted by molar-refractivity contribution is 0.431. The summed E-state index contributed by atoms with van der Waals surface area (Å²) in [5.41, 5.74) is 1.28. The van der Waals surface area contributed by atoms with Gasteiger partial charge in [0.05, 0.1) is 0 Å². The van der Waals surface area contributed by atoms with Gasteiger partial charge < -0.3 is 4.90 Å². The van der Waals surface area contributed by atoms with Crippen LogP contribution < -0.4 is 4.90 Å². The number of rotatable bonds is 2. The van der Waals surface area contributed by atoms with Gasteiger partial charge >= 0.3 is 0 Å². The molecule has 1 aromatic rings. The topological polar surface area (TPSA) is 6.48 Å². The first-order valence-corrected chi connectivity index (χ1v) is 6.65. The molecule has 82 valence electrons. The highest BCUT2D eigenvalue weighted by molar-refractivity contribution is 7.96. The molecule has 1 saturated heterocycles. The number of benzene rings is 1. The average molecular weight is 243 g/mol. The maximum atomic E-state index is 5.87. The Kier molecular flexibility index (Phi) is 3.78. The lowest BCUT2D eigenvalue weighted by atomic mass is 10.2. The van der Waals surface area contributed by atoms with Gasteiger partial charge in [0, 0.05) is 36.9 Å². The minimum atomic E-state index is 0.807. The van der Waals surface area contributed by atoms with Crippen LogP contribution in [0.4, 0.5) is 5.69 Å². The van der Waals surface area contributed by atoms with Crippen LogP contribution >= 0.6 is 23.5 Å². The van der Waals surface area contributed by atoms with Gasteiger partial charge in [0.2, 0.25) is 0 Å². The molecule has 0 saturated carbocycles. The molecule has 1 aromatic carbocycles. The van der Waals surface area contributed by atoms with Crippen LogP contribution in [0.1, 0.15) is 0 Å². The predicted molar refractivity (Wildman–Crippen MR) is 68.8 cm³/mol. The van der Waals surface area contributed by atoms with Gasteiger partial charge in [0.25, 0.3) is 0 Å². The lowest BCUT2D eigenvalue weighted by Crippen LogP contribution is -2.43. The van der Waals surface area contributed by atoms with E-state index in [0.717, 1.165) is 31.2 Å². The summed E-state index contributed by atoms with van der Waals surface area (Å²) >= 11 is 7.70. The van der Waals surface area contributed by atoms with Gasteiger partial charge in [-0.1, -0.05) is 23.5 Å². The van der Waals surface area contributed by atoms with Crippen molar-refractivity contribution < 1.29 is 0 Å². The van der Waals surface area contributed by atoms with Gasteiger partial charge in [0.15, 0.2) is 0 Å². The molecule has 1 heterocycles. The van der Waals surface area contributed by atoms with E-state index in [1.54, 1.807) is 0 Å². The Bertz CT molecular complexity index is 307. The van der Waals surface area contributed by atoms with E-state index in [1.807, 2.05) is 24.1 Å². The summed E-state index contributed by atoms with van der Waals surface area (Å²) in [5.74, 6) is 0. The second-order valence-corrected chi connectivity index (χ2v) is 4.89. The molecule has 0 bridgehead atoms. The number of anilines is 1. The molecule has 1 aliphatic rings. The molecule has 2 nitrogen and oxygen atoms in total. The molecule has 2 rings (SSSR count). The van der Waals surface area contributed by atoms with E-state index in [4.69, 9.17) is 11.6 Å². The first kappa shape index (κ1) is 11.1. The highest BCUT2D eigenvalue weighted by atomic mass is 35.5. The third-order valence-corrected chi connectivity index (χ3v) is 3.82. The van der Waals surface area contributed by atoms with Crippen molar-refractivity contribution in [3.05, 3.63) is 29.3 Å². The molecule has 0 N–H and O–H groups in total. The molecule has 0 unspecified atom stereocenters. The summed E-state index contributed by atoms with van der Waals surface area (Å²) in [7, 11) is 0. The highest BCUT2D eigenvalue weighted by Gasteiger charge is 2.15. The number of piperazine rings is 1. The molecule has 0 amide bonds. The fourth-order valence-electron chi connectivity index (χ4n) is 1.78. The van der Waals surface area contributed by atoms with E-state index in [1.165, 1.54) is 5.69 Å². The van der Waals surface area contributed by atoms with Crippen LogP contribution in [-0.4, -0.2) is 36.7 Å². The predicted octanol–water partition coefficient (Wildman–Crippen LogP) is 2.74. The van der Waals surface area contributed by atoms with Gasteiger partial charge in [-0.25, -0.2) is 4.31 Å². The third-order valence-electron chi connectivity index (χ3n) is 2.69. The SMILES string of the molecule is CSN1CCN(c2ccc(Cl)cc2)CC1. The Labute approximate surface area is 100 Å². The molecule has 0 aliphatic carbocycles. The fraction of sp³-hybridized carbons (Fsp3) is 0.455. The van der Waals surface area contributed by atoms with E-state index in [0.29, 0.717) is 0 Å². The van der Waals surface area contributed by atoms with Gasteiger partial charge in [-0.2, -0.15) is 0 Å². The Hall–Kier alpha value is -0.380. The van der Waals surface area contributed by atoms with E-state index < -0.39 is 0 Å². The van der Waals surface area contributed by atoms with Crippen LogP contribution in [0, 0.1) is 0 Å². The maximum absolute atomic E-state index is 5.87. The summed E-state index contributed by atoms with van der Waals surface area (Å²) in [6, 6.07) is 8.10. The van der Waals surface area contributed by atoms with Crippen LogP contribution in [0.2, 0.25) is 5.02 Å². The number of hydrogen-bond acceptors (Lipinski definition) is 3. The second-order valence-electron chi connectivity index (χ2n) is 3.58. The monoisotopic (exact) mass is 242 g/mol. The van der Waals surface area contributed by atoms with E-state index in [2.05, 4.69) is 27.6 Å². The van der Waals surface area contributed by atoms with E-state index in [-0.39, 0.29) is 0 Å².